The zero-order chi connectivity index (χ0) is 20.4. The van der Waals surface area contributed by atoms with Crippen molar-refractivity contribution in [1.29, 1.82) is 0 Å². The molecule has 4 rings (SSSR count). The van der Waals surface area contributed by atoms with Crippen LogP contribution in [0.3, 0.4) is 0 Å². The molecule has 0 bridgehead atoms. The van der Waals surface area contributed by atoms with Gasteiger partial charge in [0.1, 0.15) is 16.1 Å². The van der Waals surface area contributed by atoms with Crippen molar-refractivity contribution in [2.45, 2.75) is 24.0 Å². The van der Waals surface area contributed by atoms with Gasteiger partial charge in [0.15, 0.2) is 10.8 Å². The van der Waals surface area contributed by atoms with Crippen molar-refractivity contribution in [3.05, 3.63) is 36.2 Å². The van der Waals surface area contributed by atoms with Crippen LogP contribution in [0.15, 0.2) is 35.6 Å². The van der Waals surface area contributed by atoms with Crippen LogP contribution < -0.4 is 10.2 Å². The number of carbonyl (C=O) groups excluding carboxylic acids is 1. The molecule has 6 nitrogen and oxygen atoms in total. The van der Waals surface area contributed by atoms with Crippen LogP contribution in [-0.4, -0.2) is 39.7 Å². The number of rotatable bonds is 5. The number of benzene rings is 1. The number of hydrogen-bond donors (Lipinski definition) is 1. The van der Waals surface area contributed by atoms with Gasteiger partial charge in [0.2, 0.25) is 5.91 Å². The zero-order valence-corrected chi connectivity index (χ0v) is 16.7. The Bertz CT molecular complexity index is 1020. The van der Waals surface area contributed by atoms with Gasteiger partial charge >= 0.3 is 6.18 Å². The fourth-order valence-corrected chi connectivity index (χ4v) is 4.88. The lowest BCUT2D eigenvalue weighted by Gasteiger charge is -2.11. The SMILES string of the molecule is O=C(CSc1ncnc2nc(N3CCCC3)sc12)Nc1ccc(C(F)(F)F)cc1. The third-order valence-electron chi connectivity index (χ3n) is 4.36. The number of alkyl halides is 3. The van der Waals surface area contributed by atoms with E-state index in [2.05, 4.69) is 25.2 Å². The molecule has 2 aromatic heterocycles. The minimum atomic E-state index is -4.40. The molecule has 1 fully saturated rings. The summed E-state index contributed by atoms with van der Waals surface area (Å²) in [4.78, 5) is 27.5. The van der Waals surface area contributed by atoms with Gasteiger partial charge in [-0.2, -0.15) is 18.2 Å². The van der Waals surface area contributed by atoms with Crippen LogP contribution in [0.1, 0.15) is 18.4 Å². The van der Waals surface area contributed by atoms with E-state index in [9.17, 15) is 18.0 Å². The average Bonchev–Trinajstić information content (AvgIpc) is 3.35. The first-order valence-corrected chi connectivity index (χ1v) is 10.7. The molecule has 0 atom stereocenters. The van der Waals surface area contributed by atoms with E-state index in [0.29, 0.717) is 16.4 Å². The van der Waals surface area contributed by atoms with Crippen molar-refractivity contribution < 1.29 is 18.0 Å². The molecule has 1 aliphatic rings. The lowest BCUT2D eigenvalue weighted by atomic mass is 10.2. The van der Waals surface area contributed by atoms with E-state index in [1.807, 2.05) is 0 Å². The molecule has 0 aliphatic carbocycles. The normalized spacial score (nSPS) is 14.5. The Morgan fingerprint density at radius 2 is 1.90 bits per heavy atom. The first-order valence-electron chi connectivity index (χ1n) is 8.86. The lowest BCUT2D eigenvalue weighted by Crippen LogP contribution is -2.16. The summed E-state index contributed by atoms with van der Waals surface area (Å²) in [6, 6.07) is 4.35. The number of thiazole rings is 1. The number of anilines is 2. The number of aromatic nitrogens is 3. The second-order valence-electron chi connectivity index (χ2n) is 6.43. The molecule has 1 aliphatic heterocycles. The highest BCUT2D eigenvalue weighted by Gasteiger charge is 2.30. The third-order valence-corrected chi connectivity index (χ3v) is 6.59. The number of hydrogen-bond acceptors (Lipinski definition) is 7. The topological polar surface area (TPSA) is 71.0 Å². The van der Waals surface area contributed by atoms with Gasteiger partial charge in [-0.1, -0.05) is 23.1 Å². The predicted molar refractivity (Wildman–Crippen MR) is 107 cm³/mol. The highest BCUT2D eigenvalue weighted by Crippen LogP contribution is 2.35. The Morgan fingerprint density at radius 3 is 2.59 bits per heavy atom. The maximum absolute atomic E-state index is 12.6. The maximum atomic E-state index is 12.6. The van der Waals surface area contributed by atoms with E-state index >= 15 is 0 Å². The molecule has 1 amide bonds. The molecular weight excluding hydrogens is 423 g/mol. The number of fused-ring (bicyclic) bond motifs is 1. The molecule has 0 unspecified atom stereocenters. The van der Waals surface area contributed by atoms with Crippen molar-refractivity contribution >= 4 is 50.2 Å². The van der Waals surface area contributed by atoms with Crippen LogP contribution in [-0.2, 0) is 11.0 Å². The first-order chi connectivity index (χ1) is 13.9. The van der Waals surface area contributed by atoms with Crippen LogP contribution in [0.2, 0.25) is 0 Å². The largest absolute Gasteiger partial charge is 0.416 e. The molecule has 3 heterocycles. The maximum Gasteiger partial charge on any atom is 0.416 e. The van der Waals surface area contributed by atoms with Crippen molar-refractivity contribution in [2.75, 3.05) is 29.1 Å². The fraction of sp³-hybridized carbons (Fsp3) is 0.333. The number of amides is 1. The lowest BCUT2D eigenvalue weighted by molar-refractivity contribution is -0.137. The summed E-state index contributed by atoms with van der Waals surface area (Å²) in [5.41, 5.74) is 0.162. The number of carbonyl (C=O) groups is 1. The Kier molecular flexibility index (Phi) is 5.59. The van der Waals surface area contributed by atoms with Crippen molar-refractivity contribution in [2.24, 2.45) is 0 Å². The van der Waals surface area contributed by atoms with Gasteiger partial charge in [-0.25, -0.2) is 9.97 Å². The van der Waals surface area contributed by atoms with Gasteiger partial charge < -0.3 is 10.2 Å². The van der Waals surface area contributed by atoms with Gasteiger partial charge in [0, 0.05) is 18.8 Å². The summed E-state index contributed by atoms with van der Waals surface area (Å²) in [5.74, 6) is -0.254. The quantitative estimate of drug-likeness (QED) is 0.468. The third kappa shape index (κ3) is 4.61. The van der Waals surface area contributed by atoms with E-state index in [1.54, 1.807) is 0 Å². The number of nitrogens with one attached hydrogen (secondary N) is 1. The van der Waals surface area contributed by atoms with E-state index in [0.717, 1.165) is 47.9 Å². The molecule has 1 N–H and O–H groups in total. The number of thioether (sulfide) groups is 1. The van der Waals surface area contributed by atoms with E-state index in [1.165, 1.54) is 41.6 Å². The molecule has 11 heteroatoms. The van der Waals surface area contributed by atoms with E-state index < -0.39 is 11.7 Å². The molecule has 152 valence electrons. The van der Waals surface area contributed by atoms with Gasteiger partial charge in [-0.3, -0.25) is 4.79 Å². The highest BCUT2D eigenvalue weighted by atomic mass is 32.2. The average molecular weight is 439 g/mol. The van der Waals surface area contributed by atoms with E-state index in [4.69, 9.17) is 0 Å². The Morgan fingerprint density at radius 1 is 1.17 bits per heavy atom. The summed E-state index contributed by atoms with van der Waals surface area (Å²) in [7, 11) is 0. The van der Waals surface area contributed by atoms with Crippen LogP contribution in [0, 0.1) is 0 Å². The van der Waals surface area contributed by atoms with Crippen LogP contribution in [0.4, 0.5) is 24.0 Å². The van der Waals surface area contributed by atoms with Gasteiger partial charge in [0.05, 0.1) is 11.3 Å². The second-order valence-corrected chi connectivity index (χ2v) is 8.38. The summed E-state index contributed by atoms with van der Waals surface area (Å²) < 4.78 is 38.7. The number of nitrogens with zero attached hydrogens (tertiary/aromatic N) is 4. The predicted octanol–water partition coefficient (Wildman–Crippen LogP) is 4.44. The fourth-order valence-electron chi connectivity index (χ4n) is 2.94. The molecule has 1 aromatic carbocycles. The van der Waals surface area contributed by atoms with Crippen molar-refractivity contribution in [1.82, 2.24) is 15.0 Å². The second kappa shape index (κ2) is 8.15. The summed E-state index contributed by atoms with van der Waals surface area (Å²) in [6.45, 7) is 1.95. The summed E-state index contributed by atoms with van der Waals surface area (Å²) >= 11 is 2.76. The van der Waals surface area contributed by atoms with Crippen LogP contribution in [0.25, 0.3) is 10.3 Å². The minimum absolute atomic E-state index is 0.0735. The van der Waals surface area contributed by atoms with Gasteiger partial charge in [-0.15, -0.1) is 0 Å². The first kappa shape index (κ1) is 19.9. The molecule has 1 saturated heterocycles. The molecular formula is C18H16F3N5OS2. The van der Waals surface area contributed by atoms with Crippen LogP contribution >= 0.6 is 23.1 Å². The van der Waals surface area contributed by atoms with Gasteiger partial charge in [0.25, 0.3) is 0 Å². The van der Waals surface area contributed by atoms with Crippen molar-refractivity contribution in [3.8, 4) is 0 Å². The minimum Gasteiger partial charge on any atom is -0.348 e. The van der Waals surface area contributed by atoms with Gasteiger partial charge in [-0.05, 0) is 37.1 Å². The summed E-state index contributed by atoms with van der Waals surface area (Å²) in [6.07, 6.45) is -0.688. The Hall–Kier alpha value is -2.40. The highest BCUT2D eigenvalue weighted by molar-refractivity contribution is 8.00. The molecule has 0 spiro atoms. The monoisotopic (exact) mass is 439 g/mol. The standard InChI is InChI=1S/C18H16F3N5OS2/c19-18(20,21)11-3-5-12(6-4-11)24-13(27)9-28-16-14-15(22-10-23-16)25-17(29-14)26-7-1-2-8-26/h3-6,10H,1-2,7-9H2,(H,24,27). The van der Waals surface area contributed by atoms with E-state index in [-0.39, 0.29) is 11.7 Å². The zero-order valence-electron chi connectivity index (χ0n) is 15.1. The molecule has 0 saturated carbocycles. The Balaban J connectivity index is 1.40. The number of halogens is 3. The summed E-state index contributed by atoms with van der Waals surface area (Å²) in [5, 5.41) is 4.18. The molecule has 29 heavy (non-hydrogen) atoms. The Labute approximate surface area is 172 Å². The van der Waals surface area contributed by atoms with Crippen molar-refractivity contribution in [3.63, 3.8) is 0 Å². The smallest absolute Gasteiger partial charge is 0.348 e. The molecule has 0 radical (unpaired) electrons. The van der Waals surface area contributed by atoms with Crippen LogP contribution in [0.5, 0.6) is 0 Å². The molecule has 3 aromatic rings.